The highest BCUT2D eigenvalue weighted by molar-refractivity contribution is 5.92. The van der Waals surface area contributed by atoms with Crippen LogP contribution in [0.2, 0.25) is 0 Å². The van der Waals surface area contributed by atoms with Crippen molar-refractivity contribution in [1.29, 1.82) is 0 Å². The van der Waals surface area contributed by atoms with Crippen molar-refractivity contribution >= 4 is 11.8 Å². The second-order valence-electron chi connectivity index (χ2n) is 8.08. The molecule has 2 amide bonds. The van der Waals surface area contributed by atoms with Gasteiger partial charge in [-0.15, -0.1) is 0 Å². The van der Waals surface area contributed by atoms with Crippen molar-refractivity contribution in [2.75, 3.05) is 27.2 Å². The summed E-state index contributed by atoms with van der Waals surface area (Å²) < 4.78 is 7.25. The van der Waals surface area contributed by atoms with Crippen molar-refractivity contribution < 1.29 is 14.0 Å². The summed E-state index contributed by atoms with van der Waals surface area (Å²) in [6, 6.07) is -0.266. The van der Waals surface area contributed by atoms with Crippen LogP contribution in [0.3, 0.4) is 0 Å². The molecule has 0 aliphatic carbocycles. The first-order valence-electron chi connectivity index (χ1n) is 9.97. The fourth-order valence-electron chi connectivity index (χ4n) is 3.56. The van der Waals surface area contributed by atoms with Crippen LogP contribution in [-0.2, 0) is 7.05 Å². The van der Waals surface area contributed by atoms with Gasteiger partial charge in [0, 0.05) is 32.5 Å². The van der Waals surface area contributed by atoms with Gasteiger partial charge in [0.05, 0.1) is 0 Å². The Kier molecular flexibility index (Phi) is 6.36. The number of likely N-dealkylation sites (tertiary alicyclic amines) is 1. The molecule has 9 heteroatoms. The number of hydrogen-bond acceptors (Lipinski definition) is 6. The van der Waals surface area contributed by atoms with Gasteiger partial charge in [0.25, 0.3) is 11.8 Å². The number of aryl methyl sites for hydroxylation is 1. The van der Waals surface area contributed by atoms with E-state index in [-0.39, 0.29) is 29.5 Å². The zero-order chi connectivity index (χ0) is 21.1. The fraction of sp³-hybridized carbons (Fsp3) is 0.600. The normalized spacial score (nSPS) is 16.8. The number of oxazole rings is 1. The Morgan fingerprint density at radius 3 is 2.55 bits per heavy atom. The standard InChI is InChI=1S/C20H30N6O3/c1-13(2)16(23-18(27)17-21-8-11-25(17)4)19-22-15(12-29-19)20(28)26(5)14-6-9-24(3)10-7-14/h8,11-14,16H,6-7,9-10H2,1-5H3,(H,23,27)/t16-/m0/s1. The highest BCUT2D eigenvalue weighted by Gasteiger charge is 2.29. The summed E-state index contributed by atoms with van der Waals surface area (Å²) in [6.45, 7) is 5.86. The third kappa shape index (κ3) is 4.67. The highest BCUT2D eigenvalue weighted by atomic mass is 16.3. The van der Waals surface area contributed by atoms with E-state index >= 15 is 0 Å². The number of rotatable bonds is 6. The van der Waals surface area contributed by atoms with Crippen LogP contribution in [0, 0.1) is 5.92 Å². The van der Waals surface area contributed by atoms with Crippen LogP contribution in [0.4, 0.5) is 0 Å². The number of hydrogen-bond donors (Lipinski definition) is 1. The second-order valence-corrected chi connectivity index (χ2v) is 8.08. The number of amides is 2. The molecule has 158 valence electrons. The van der Waals surface area contributed by atoms with Crippen molar-refractivity contribution in [3.8, 4) is 0 Å². The van der Waals surface area contributed by atoms with Gasteiger partial charge in [0.1, 0.15) is 12.3 Å². The number of nitrogens with one attached hydrogen (secondary N) is 1. The van der Waals surface area contributed by atoms with E-state index in [1.807, 2.05) is 20.9 Å². The minimum Gasteiger partial charge on any atom is -0.446 e. The smallest absolute Gasteiger partial charge is 0.287 e. The van der Waals surface area contributed by atoms with Crippen molar-refractivity contribution in [3.05, 3.63) is 36.1 Å². The summed E-state index contributed by atoms with van der Waals surface area (Å²) in [7, 11) is 5.66. The Hall–Kier alpha value is -2.68. The second kappa shape index (κ2) is 8.77. The van der Waals surface area contributed by atoms with Gasteiger partial charge < -0.3 is 24.1 Å². The molecule has 1 fully saturated rings. The van der Waals surface area contributed by atoms with E-state index in [0.717, 1.165) is 25.9 Å². The average Bonchev–Trinajstić information content (AvgIpc) is 3.34. The number of nitrogens with zero attached hydrogens (tertiary/aromatic N) is 5. The lowest BCUT2D eigenvalue weighted by molar-refractivity contribution is 0.0653. The lowest BCUT2D eigenvalue weighted by atomic mass is 10.0. The van der Waals surface area contributed by atoms with Gasteiger partial charge in [0.2, 0.25) is 5.89 Å². The first kappa shape index (κ1) is 21.0. The lowest BCUT2D eigenvalue weighted by Gasteiger charge is -2.34. The summed E-state index contributed by atoms with van der Waals surface area (Å²) in [5, 5.41) is 2.92. The summed E-state index contributed by atoms with van der Waals surface area (Å²) in [5.74, 6) is 0.175. The Bertz CT molecular complexity index is 850. The molecule has 1 aliphatic heterocycles. The molecule has 2 aromatic rings. The summed E-state index contributed by atoms with van der Waals surface area (Å²) in [5.41, 5.74) is 0.262. The first-order valence-corrected chi connectivity index (χ1v) is 9.97. The van der Waals surface area contributed by atoms with Gasteiger partial charge in [-0.2, -0.15) is 0 Å². The SMILES string of the molecule is CC(C)[C@H](NC(=O)c1nccn1C)c1nc(C(=O)N(C)C2CCN(C)CC2)co1. The molecule has 1 saturated heterocycles. The van der Waals surface area contributed by atoms with E-state index in [1.54, 1.807) is 28.9 Å². The van der Waals surface area contributed by atoms with Crippen LogP contribution < -0.4 is 5.32 Å². The van der Waals surface area contributed by atoms with Crippen molar-refractivity contribution in [1.82, 2.24) is 29.7 Å². The van der Waals surface area contributed by atoms with Gasteiger partial charge in [-0.1, -0.05) is 13.8 Å². The van der Waals surface area contributed by atoms with Crippen LogP contribution in [0.5, 0.6) is 0 Å². The minimum atomic E-state index is -0.464. The molecule has 1 aliphatic rings. The van der Waals surface area contributed by atoms with E-state index in [1.165, 1.54) is 6.26 Å². The predicted octanol–water partition coefficient (Wildman–Crippen LogP) is 1.70. The zero-order valence-corrected chi connectivity index (χ0v) is 17.8. The number of aromatic nitrogens is 3. The van der Waals surface area contributed by atoms with Crippen molar-refractivity contribution in [2.24, 2.45) is 13.0 Å². The molecule has 0 spiro atoms. The average molecular weight is 402 g/mol. The maximum Gasteiger partial charge on any atom is 0.287 e. The first-order chi connectivity index (χ1) is 13.8. The summed E-state index contributed by atoms with van der Waals surface area (Å²) >= 11 is 0. The quantitative estimate of drug-likeness (QED) is 0.790. The van der Waals surface area contributed by atoms with E-state index in [0.29, 0.717) is 11.7 Å². The molecule has 1 N–H and O–H groups in total. The molecule has 3 rings (SSSR count). The Morgan fingerprint density at radius 2 is 1.97 bits per heavy atom. The Labute approximate surface area is 171 Å². The van der Waals surface area contributed by atoms with Gasteiger partial charge >= 0.3 is 0 Å². The molecule has 0 unspecified atom stereocenters. The minimum absolute atomic E-state index is 0.0208. The van der Waals surface area contributed by atoms with Crippen LogP contribution in [-0.4, -0.2) is 69.4 Å². The number of carbonyl (C=O) groups excluding carboxylic acids is 2. The van der Waals surface area contributed by atoms with E-state index in [4.69, 9.17) is 4.42 Å². The number of imidazole rings is 1. The molecule has 0 radical (unpaired) electrons. The maximum atomic E-state index is 12.9. The highest BCUT2D eigenvalue weighted by Crippen LogP contribution is 2.23. The van der Waals surface area contributed by atoms with Crippen LogP contribution >= 0.6 is 0 Å². The topological polar surface area (TPSA) is 96.5 Å². The molecule has 0 bridgehead atoms. The van der Waals surface area contributed by atoms with Crippen LogP contribution in [0.1, 0.15) is 59.7 Å². The molecule has 3 heterocycles. The van der Waals surface area contributed by atoms with E-state index in [9.17, 15) is 9.59 Å². The van der Waals surface area contributed by atoms with Gasteiger partial charge in [0.15, 0.2) is 11.5 Å². The monoisotopic (exact) mass is 402 g/mol. The zero-order valence-electron chi connectivity index (χ0n) is 17.8. The number of piperidine rings is 1. The maximum absolute atomic E-state index is 12.9. The lowest BCUT2D eigenvalue weighted by Crippen LogP contribution is -2.44. The van der Waals surface area contributed by atoms with Crippen molar-refractivity contribution in [3.63, 3.8) is 0 Å². The third-order valence-corrected chi connectivity index (χ3v) is 5.54. The molecule has 2 aromatic heterocycles. The van der Waals surface area contributed by atoms with E-state index in [2.05, 4.69) is 27.2 Å². The predicted molar refractivity (Wildman–Crippen MR) is 107 cm³/mol. The van der Waals surface area contributed by atoms with Crippen LogP contribution in [0.15, 0.2) is 23.1 Å². The van der Waals surface area contributed by atoms with E-state index < -0.39 is 6.04 Å². The summed E-state index contributed by atoms with van der Waals surface area (Å²) in [6.07, 6.45) is 6.54. The van der Waals surface area contributed by atoms with Gasteiger partial charge in [-0.25, -0.2) is 9.97 Å². The molecular formula is C20H30N6O3. The van der Waals surface area contributed by atoms with Crippen LogP contribution in [0.25, 0.3) is 0 Å². The Balaban J connectivity index is 1.71. The summed E-state index contributed by atoms with van der Waals surface area (Å²) in [4.78, 5) is 37.9. The van der Waals surface area contributed by atoms with Gasteiger partial charge in [-0.3, -0.25) is 9.59 Å². The Morgan fingerprint density at radius 1 is 1.28 bits per heavy atom. The molecule has 1 atom stereocenters. The molecular weight excluding hydrogens is 372 g/mol. The van der Waals surface area contributed by atoms with Gasteiger partial charge in [-0.05, 0) is 38.9 Å². The number of carbonyl (C=O) groups is 2. The fourth-order valence-corrected chi connectivity index (χ4v) is 3.56. The molecule has 9 nitrogen and oxygen atoms in total. The molecule has 0 saturated carbocycles. The molecule has 0 aromatic carbocycles. The third-order valence-electron chi connectivity index (χ3n) is 5.54. The van der Waals surface area contributed by atoms with Crippen molar-refractivity contribution in [2.45, 2.75) is 38.8 Å². The largest absolute Gasteiger partial charge is 0.446 e. The molecule has 29 heavy (non-hydrogen) atoms.